The van der Waals surface area contributed by atoms with Crippen LogP contribution in [0.1, 0.15) is 28.3 Å². The quantitative estimate of drug-likeness (QED) is 0.809. The first kappa shape index (κ1) is 12.9. The Morgan fingerprint density at radius 1 is 1.56 bits per heavy atom. The molecule has 3 nitrogen and oxygen atoms in total. The van der Waals surface area contributed by atoms with Gasteiger partial charge in [0.2, 0.25) is 0 Å². The molecule has 2 atom stereocenters. The second-order valence-electron chi connectivity index (χ2n) is 3.74. The molecule has 0 amide bonds. The second-order valence-corrected chi connectivity index (χ2v) is 3.74. The van der Waals surface area contributed by atoms with E-state index in [-0.39, 0.29) is 29.9 Å². The van der Waals surface area contributed by atoms with Gasteiger partial charge < -0.3 is 10.5 Å². The third-order valence-electron chi connectivity index (χ3n) is 2.66. The minimum Gasteiger partial charge on any atom is -0.465 e. The fraction of sp³-hybridized carbons (Fsp3) is 0.364. The summed E-state index contributed by atoms with van der Waals surface area (Å²) >= 11 is 0. The highest BCUT2D eigenvalue weighted by Crippen LogP contribution is 2.39. The largest absolute Gasteiger partial charge is 0.465 e. The van der Waals surface area contributed by atoms with Crippen LogP contribution in [-0.4, -0.2) is 19.1 Å². The number of methoxy groups -OCH3 is 1. The lowest BCUT2D eigenvalue weighted by molar-refractivity contribution is 0.0595. The molecule has 16 heavy (non-hydrogen) atoms. The number of nitrogens with two attached hydrogens (primary N) is 1. The molecule has 2 rings (SSSR count). The normalized spacial score (nSPS) is 22.2. The van der Waals surface area contributed by atoms with Gasteiger partial charge in [-0.1, -0.05) is 6.07 Å². The third kappa shape index (κ3) is 2.33. The number of esters is 1. The first-order valence-corrected chi connectivity index (χ1v) is 4.77. The summed E-state index contributed by atoms with van der Waals surface area (Å²) in [7, 11) is 1.23. The van der Waals surface area contributed by atoms with Gasteiger partial charge in [-0.3, -0.25) is 0 Å². The van der Waals surface area contributed by atoms with Crippen molar-refractivity contribution >= 4 is 18.4 Å². The molecule has 0 saturated heterocycles. The van der Waals surface area contributed by atoms with Crippen molar-refractivity contribution in [2.24, 2.45) is 5.73 Å². The number of halogens is 2. The van der Waals surface area contributed by atoms with Crippen molar-refractivity contribution in [3.8, 4) is 0 Å². The van der Waals surface area contributed by atoms with Crippen LogP contribution in [-0.2, 0) is 4.74 Å². The summed E-state index contributed by atoms with van der Waals surface area (Å²) in [6, 6.07) is 4.62. The average molecular weight is 246 g/mol. The van der Waals surface area contributed by atoms with Gasteiger partial charge in [-0.15, -0.1) is 12.4 Å². The SMILES string of the molecule is COC(=O)c1cc([C@@H]2C[C@H]2N)ccc1F.Cl. The monoisotopic (exact) mass is 245 g/mol. The minimum atomic E-state index is -0.649. The predicted molar refractivity (Wildman–Crippen MR) is 60.3 cm³/mol. The first-order valence-electron chi connectivity index (χ1n) is 4.77. The van der Waals surface area contributed by atoms with E-state index < -0.39 is 11.8 Å². The molecule has 1 aromatic rings. The molecule has 2 N–H and O–H groups in total. The number of carbonyl (C=O) groups is 1. The Bertz CT molecular complexity index is 411. The molecule has 1 aromatic carbocycles. The Kier molecular flexibility index (Phi) is 3.88. The van der Waals surface area contributed by atoms with Gasteiger partial charge in [0.1, 0.15) is 5.82 Å². The van der Waals surface area contributed by atoms with Crippen LogP contribution in [0.3, 0.4) is 0 Å². The van der Waals surface area contributed by atoms with Crippen LogP contribution in [0.4, 0.5) is 4.39 Å². The molecule has 0 unspecified atom stereocenters. The number of rotatable bonds is 2. The summed E-state index contributed by atoms with van der Waals surface area (Å²) in [6.45, 7) is 0. The van der Waals surface area contributed by atoms with E-state index in [9.17, 15) is 9.18 Å². The fourth-order valence-electron chi connectivity index (χ4n) is 1.64. The molecule has 1 aliphatic rings. The van der Waals surface area contributed by atoms with E-state index in [1.807, 2.05) is 0 Å². The predicted octanol–water partition coefficient (Wildman–Crippen LogP) is 1.85. The molecule has 0 bridgehead atoms. The zero-order chi connectivity index (χ0) is 11.0. The van der Waals surface area contributed by atoms with E-state index in [2.05, 4.69) is 4.74 Å². The Morgan fingerprint density at radius 3 is 2.69 bits per heavy atom. The molecule has 1 saturated carbocycles. The van der Waals surface area contributed by atoms with Gasteiger partial charge >= 0.3 is 5.97 Å². The van der Waals surface area contributed by atoms with Crippen molar-refractivity contribution in [2.75, 3.05) is 7.11 Å². The lowest BCUT2D eigenvalue weighted by atomic mass is 10.1. The van der Waals surface area contributed by atoms with Crippen LogP contribution in [0.5, 0.6) is 0 Å². The maximum atomic E-state index is 13.3. The summed E-state index contributed by atoms with van der Waals surface area (Å²) in [5.41, 5.74) is 6.57. The van der Waals surface area contributed by atoms with Gasteiger partial charge in [0, 0.05) is 12.0 Å². The van der Waals surface area contributed by atoms with Crippen molar-refractivity contribution in [1.82, 2.24) is 0 Å². The molecule has 88 valence electrons. The average Bonchev–Trinajstić information content (AvgIpc) is 2.95. The van der Waals surface area contributed by atoms with Gasteiger partial charge in [0.05, 0.1) is 12.7 Å². The van der Waals surface area contributed by atoms with Gasteiger partial charge in [-0.25, -0.2) is 9.18 Å². The van der Waals surface area contributed by atoms with Gasteiger partial charge in [0.25, 0.3) is 0 Å². The van der Waals surface area contributed by atoms with E-state index in [1.54, 1.807) is 6.07 Å². The van der Waals surface area contributed by atoms with Crippen LogP contribution < -0.4 is 5.73 Å². The molecule has 0 aliphatic heterocycles. The molecular weight excluding hydrogens is 233 g/mol. The standard InChI is InChI=1S/C11H12FNO2.ClH/c1-15-11(14)8-4-6(2-3-9(8)12)7-5-10(7)13;/h2-4,7,10H,5,13H2,1H3;1H/t7-,10+;/m0./s1. The Labute approximate surface area is 99.2 Å². The van der Waals surface area contributed by atoms with Crippen LogP contribution in [0.15, 0.2) is 18.2 Å². The van der Waals surface area contributed by atoms with Gasteiger partial charge in [-0.05, 0) is 24.1 Å². The lowest BCUT2D eigenvalue weighted by Gasteiger charge is -2.04. The molecule has 1 aliphatic carbocycles. The fourth-order valence-corrected chi connectivity index (χ4v) is 1.64. The third-order valence-corrected chi connectivity index (χ3v) is 2.66. The molecule has 0 radical (unpaired) electrons. The highest BCUT2D eigenvalue weighted by molar-refractivity contribution is 5.89. The molecule has 0 heterocycles. The van der Waals surface area contributed by atoms with Crippen molar-refractivity contribution in [3.63, 3.8) is 0 Å². The van der Waals surface area contributed by atoms with Crippen LogP contribution >= 0.6 is 12.4 Å². The van der Waals surface area contributed by atoms with Crippen LogP contribution in [0.25, 0.3) is 0 Å². The molecule has 1 fully saturated rings. The first-order chi connectivity index (χ1) is 7.13. The van der Waals surface area contributed by atoms with E-state index in [4.69, 9.17) is 5.73 Å². The summed E-state index contributed by atoms with van der Waals surface area (Å²) in [5.74, 6) is -0.947. The lowest BCUT2D eigenvalue weighted by Crippen LogP contribution is -2.06. The number of hydrogen-bond acceptors (Lipinski definition) is 3. The van der Waals surface area contributed by atoms with Gasteiger partial charge in [-0.2, -0.15) is 0 Å². The van der Waals surface area contributed by atoms with Crippen molar-refractivity contribution < 1.29 is 13.9 Å². The summed E-state index contributed by atoms with van der Waals surface area (Å²) in [4.78, 5) is 11.2. The maximum absolute atomic E-state index is 13.3. The van der Waals surface area contributed by atoms with Crippen molar-refractivity contribution in [2.45, 2.75) is 18.4 Å². The zero-order valence-corrected chi connectivity index (χ0v) is 9.59. The molecule has 5 heteroatoms. The second kappa shape index (κ2) is 4.80. The molecule has 0 spiro atoms. The Morgan fingerprint density at radius 2 is 2.19 bits per heavy atom. The molecular formula is C11H13ClFNO2. The number of ether oxygens (including phenoxy) is 1. The Hall–Kier alpha value is -1.13. The highest BCUT2D eigenvalue weighted by atomic mass is 35.5. The number of carbonyl (C=O) groups excluding carboxylic acids is 1. The number of benzene rings is 1. The minimum absolute atomic E-state index is 0. The Balaban J connectivity index is 0.00000128. The number of hydrogen-bond donors (Lipinski definition) is 1. The summed E-state index contributed by atoms with van der Waals surface area (Å²) < 4.78 is 17.7. The van der Waals surface area contributed by atoms with Crippen molar-refractivity contribution in [3.05, 3.63) is 35.1 Å². The smallest absolute Gasteiger partial charge is 0.340 e. The van der Waals surface area contributed by atoms with E-state index in [0.29, 0.717) is 0 Å². The maximum Gasteiger partial charge on any atom is 0.340 e. The van der Waals surface area contributed by atoms with Gasteiger partial charge in [0.15, 0.2) is 0 Å². The topological polar surface area (TPSA) is 52.3 Å². The van der Waals surface area contributed by atoms with Crippen LogP contribution in [0.2, 0.25) is 0 Å². The van der Waals surface area contributed by atoms with E-state index in [1.165, 1.54) is 19.2 Å². The summed E-state index contributed by atoms with van der Waals surface area (Å²) in [6.07, 6.45) is 0.895. The highest BCUT2D eigenvalue weighted by Gasteiger charge is 2.35. The van der Waals surface area contributed by atoms with Crippen molar-refractivity contribution in [1.29, 1.82) is 0 Å². The zero-order valence-electron chi connectivity index (χ0n) is 8.77. The molecule has 0 aromatic heterocycles. The summed E-state index contributed by atoms with van der Waals surface area (Å²) in [5, 5.41) is 0. The van der Waals surface area contributed by atoms with Crippen LogP contribution in [0, 0.1) is 5.82 Å². The van der Waals surface area contributed by atoms with E-state index in [0.717, 1.165) is 12.0 Å². The van der Waals surface area contributed by atoms with E-state index >= 15 is 0 Å².